The molecule has 3 rings (SSSR count). The highest BCUT2D eigenvalue weighted by molar-refractivity contribution is 5.77. The molecule has 134 valence electrons. The van der Waals surface area contributed by atoms with Crippen LogP contribution in [0.3, 0.4) is 0 Å². The highest BCUT2D eigenvalue weighted by atomic mass is 16.5. The molecular weight excluding hydrogens is 320 g/mol. The third kappa shape index (κ3) is 4.96. The van der Waals surface area contributed by atoms with Crippen LogP contribution in [-0.4, -0.2) is 71.7 Å². The topological polar surface area (TPSA) is 59.8 Å². The van der Waals surface area contributed by atoms with Gasteiger partial charge in [-0.3, -0.25) is 9.69 Å². The van der Waals surface area contributed by atoms with E-state index in [2.05, 4.69) is 14.5 Å². The third-order valence-electron chi connectivity index (χ3n) is 4.36. The number of hydrogen-bond acceptors (Lipinski definition) is 5. The Kier molecular flexibility index (Phi) is 5.90. The molecule has 0 unspecified atom stereocenters. The Labute approximate surface area is 147 Å². The molecule has 1 aliphatic heterocycles. The van der Waals surface area contributed by atoms with Crippen LogP contribution >= 0.6 is 0 Å². The largest absolute Gasteiger partial charge is 0.497 e. The Balaban J connectivity index is 1.39. The van der Waals surface area contributed by atoms with Crippen molar-refractivity contribution in [1.82, 2.24) is 19.4 Å². The molecule has 0 atom stereocenters. The number of hydrogen-bond donors (Lipinski definition) is 0. The second-order valence-electron chi connectivity index (χ2n) is 5.99. The van der Waals surface area contributed by atoms with Crippen molar-refractivity contribution < 1.29 is 14.3 Å². The van der Waals surface area contributed by atoms with Crippen molar-refractivity contribution >= 4 is 5.91 Å². The summed E-state index contributed by atoms with van der Waals surface area (Å²) >= 11 is 0. The standard InChI is InChI=1S/C18H24N4O3/c1-24-16-3-2-4-17(13-16)25-14-18(23)22-11-9-20(10-12-22)7-8-21-6-5-19-15-21/h2-6,13,15H,7-12,14H2,1H3. The summed E-state index contributed by atoms with van der Waals surface area (Å²) in [6.07, 6.45) is 5.59. The summed E-state index contributed by atoms with van der Waals surface area (Å²) in [7, 11) is 1.61. The van der Waals surface area contributed by atoms with Crippen LogP contribution in [-0.2, 0) is 11.3 Å². The maximum Gasteiger partial charge on any atom is 0.260 e. The normalized spacial score (nSPS) is 15.2. The maximum absolute atomic E-state index is 12.3. The second kappa shape index (κ2) is 8.53. The lowest BCUT2D eigenvalue weighted by Gasteiger charge is -2.34. The number of ether oxygens (including phenoxy) is 2. The van der Waals surface area contributed by atoms with Gasteiger partial charge in [-0.15, -0.1) is 0 Å². The van der Waals surface area contributed by atoms with Gasteiger partial charge in [-0.05, 0) is 12.1 Å². The lowest BCUT2D eigenvalue weighted by molar-refractivity contribution is -0.135. The van der Waals surface area contributed by atoms with Gasteiger partial charge in [0.05, 0.1) is 13.4 Å². The molecule has 0 radical (unpaired) electrons. The predicted octanol–water partition coefficient (Wildman–Crippen LogP) is 1.11. The van der Waals surface area contributed by atoms with Gasteiger partial charge < -0.3 is 18.9 Å². The minimum Gasteiger partial charge on any atom is -0.497 e. The molecule has 25 heavy (non-hydrogen) atoms. The molecular formula is C18H24N4O3. The fraction of sp³-hybridized carbons (Fsp3) is 0.444. The first kappa shape index (κ1) is 17.3. The van der Waals surface area contributed by atoms with E-state index in [4.69, 9.17) is 9.47 Å². The summed E-state index contributed by atoms with van der Waals surface area (Å²) in [6, 6.07) is 7.29. The Morgan fingerprint density at radius 1 is 1.16 bits per heavy atom. The van der Waals surface area contributed by atoms with Crippen molar-refractivity contribution in [3.05, 3.63) is 43.0 Å². The van der Waals surface area contributed by atoms with E-state index in [9.17, 15) is 4.79 Å². The highest BCUT2D eigenvalue weighted by Crippen LogP contribution is 2.18. The fourth-order valence-electron chi connectivity index (χ4n) is 2.82. The second-order valence-corrected chi connectivity index (χ2v) is 5.99. The number of amides is 1. The molecule has 0 saturated carbocycles. The van der Waals surface area contributed by atoms with Crippen LogP contribution in [0.5, 0.6) is 11.5 Å². The van der Waals surface area contributed by atoms with Gasteiger partial charge in [0.1, 0.15) is 11.5 Å². The molecule has 0 N–H and O–H groups in total. The van der Waals surface area contributed by atoms with Gasteiger partial charge in [-0.1, -0.05) is 6.07 Å². The molecule has 0 spiro atoms. The summed E-state index contributed by atoms with van der Waals surface area (Å²) in [5, 5.41) is 0. The number of carbonyl (C=O) groups excluding carboxylic acids is 1. The first-order valence-corrected chi connectivity index (χ1v) is 8.47. The number of rotatable bonds is 7. The van der Waals surface area contributed by atoms with Gasteiger partial charge in [0.2, 0.25) is 0 Å². The highest BCUT2D eigenvalue weighted by Gasteiger charge is 2.21. The first-order valence-electron chi connectivity index (χ1n) is 8.47. The zero-order chi connectivity index (χ0) is 17.5. The molecule has 7 heteroatoms. The van der Waals surface area contributed by atoms with Gasteiger partial charge in [-0.2, -0.15) is 0 Å². The van der Waals surface area contributed by atoms with Gasteiger partial charge >= 0.3 is 0 Å². The first-order chi connectivity index (χ1) is 12.2. The van der Waals surface area contributed by atoms with Crippen LogP contribution in [0.2, 0.25) is 0 Å². The van der Waals surface area contributed by atoms with Crippen molar-refractivity contribution in [2.24, 2.45) is 0 Å². The fourth-order valence-corrected chi connectivity index (χ4v) is 2.82. The van der Waals surface area contributed by atoms with Gasteiger partial charge in [0.25, 0.3) is 5.91 Å². The van der Waals surface area contributed by atoms with Crippen LogP contribution in [0.25, 0.3) is 0 Å². The average Bonchev–Trinajstić information content (AvgIpc) is 3.18. The van der Waals surface area contributed by atoms with Crippen molar-refractivity contribution in [3.8, 4) is 11.5 Å². The van der Waals surface area contributed by atoms with E-state index in [1.54, 1.807) is 19.4 Å². The summed E-state index contributed by atoms with van der Waals surface area (Å²) < 4.78 is 12.8. The van der Waals surface area contributed by atoms with Crippen molar-refractivity contribution in [3.63, 3.8) is 0 Å². The number of carbonyl (C=O) groups is 1. The summed E-state index contributed by atoms with van der Waals surface area (Å²) in [5.41, 5.74) is 0. The number of imidazole rings is 1. The van der Waals surface area contributed by atoms with E-state index < -0.39 is 0 Å². The van der Waals surface area contributed by atoms with E-state index in [0.29, 0.717) is 5.75 Å². The lowest BCUT2D eigenvalue weighted by atomic mass is 10.3. The molecule has 1 amide bonds. The van der Waals surface area contributed by atoms with Gasteiger partial charge in [-0.25, -0.2) is 4.98 Å². The molecule has 0 bridgehead atoms. The Morgan fingerprint density at radius 3 is 2.68 bits per heavy atom. The zero-order valence-electron chi connectivity index (χ0n) is 14.5. The Hall–Kier alpha value is -2.54. The van der Waals surface area contributed by atoms with E-state index in [1.165, 1.54) is 0 Å². The number of aromatic nitrogens is 2. The SMILES string of the molecule is COc1cccc(OCC(=O)N2CCN(CCn3ccnc3)CC2)c1. The van der Waals surface area contributed by atoms with E-state index >= 15 is 0 Å². The molecule has 1 fully saturated rings. The summed E-state index contributed by atoms with van der Waals surface area (Å²) in [5.74, 6) is 1.39. The van der Waals surface area contributed by atoms with E-state index in [-0.39, 0.29) is 12.5 Å². The van der Waals surface area contributed by atoms with Gasteiger partial charge in [0.15, 0.2) is 6.61 Å². The number of nitrogens with zero attached hydrogens (tertiary/aromatic N) is 4. The van der Waals surface area contributed by atoms with Gasteiger partial charge in [0, 0.05) is 57.7 Å². The third-order valence-corrected chi connectivity index (χ3v) is 4.36. The molecule has 1 aromatic heterocycles. The van der Waals surface area contributed by atoms with Crippen LogP contribution in [0.15, 0.2) is 43.0 Å². The van der Waals surface area contributed by atoms with Crippen LogP contribution in [0.4, 0.5) is 0 Å². The molecule has 1 aromatic carbocycles. The predicted molar refractivity (Wildman–Crippen MR) is 93.7 cm³/mol. The molecule has 0 aliphatic carbocycles. The van der Waals surface area contributed by atoms with E-state index in [1.807, 2.05) is 35.6 Å². The number of benzene rings is 1. The maximum atomic E-state index is 12.3. The Morgan fingerprint density at radius 2 is 1.96 bits per heavy atom. The van der Waals surface area contributed by atoms with Crippen molar-refractivity contribution in [2.75, 3.05) is 46.4 Å². The van der Waals surface area contributed by atoms with E-state index in [0.717, 1.165) is 45.0 Å². The van der Waals surface area contributed by atoms with Crippen LogP contribution in [0, 0.1) is 0 Å². The monoisotopic (exact) mass is 344 g/mol. The van der Waals surface area contributed by atoms with Crippen molar-refractivity contribution in [1.29, 1.82) is 0 Å². The minimum absolute atomic E-state index is 0.0251. The molecule has 1 saturated heterocycles. The Bertz CT molecular complexity index is 667. The van der Waals surface area contributed by atoms with Crippen LogP contribution < -0.4 is 9.47 Å². The number of methoxy groups -OCH3 is 1. The summed E-state index contributed by atoms with van der Waals surface area (Å²) in [4.78, 5) is 20.6. The molecule has 2 heterocycles. The molecule has 1 aliphatic rings. The molecule has 7 nitrogen and oxygen atoms in total. The summed E-state index contributed by atoms with van der Waals surface area (Å²) in [6.45, 7) is 5.21. The number of piperazine rings is 1. The smallest absolute Gasteiger partial charge is 0.260 e. The minimum atomic E-state index is 0.0251. The zero-order valence-corrected chi connectivity index (χ0v) is 14.5. The van der Waals surface area contributed by atoms with Crippen LogP contribution in [0.1, 0.15) is 0 Å². The van der Waals surface area contributed by atoms with Crippen molar-refractivity contribution in [2.45, 2.75) is 6.54 Å². The molecule has 2 aromatic rings. The quantitative estimate of drug-likeness (QED) is 0.753. The average molecular weight is 344 g/mol. The lowest BCUT2D eigenvalue weighted by Crippen LogP contribution is -2.50.